The van der Waals surface area contributed by atoms with Crippen molar-refractivity contribution in [3.05, 3.63) is 0 Å². The number of thioether (sulfide) groups is 1. The summed E-state index contributed by atoms with van der Waals surface area (Å²) in [5.41, 5.74) is 0. The monoisotopic (exact) mass is 173 g/mol. The van der Waals surface area contributed by atoms with E-state index < -0.39 is 0 Å². The van der Waals surface area contributed by atoms with Crippen molar-refractivity contribution in [2.45, 2.75) is 38.5 Å². The van der Waals surface area contributed by atoms with Crippen LogP contribution >= 0.6 is 11.8 Å². The molecule has 1 fully saturated rings. The lowest BCUT2D eigenvalue weighted by Gasteiger charge is -2.40. The van der Waals surface area contributed by atoms with Gasteiger partial charge in [0.2, 0.25) is 0 Å². The zero-order valence-corrected chi connectivity index (χ0v) is 8.63. The van der Waals surface area contributed by atoms with Crippen LogP contribution in [0.15, 0.2) is 0 Å². The summed E-state index contributed by atoms with van der Waals surface area (Å²) in [6.07, 6.45) is 2.58. The molecule has 0 amide bonds. The summed E-state index contributed by atoms with van der Waals surface area (Å²) in [4.78, 5) is 0.387. The van der Waals surface area contributed by atoms with Crippen LogP contribution in [0, 0.1) is 5.92 Å². The van der Waals surface area contributed by atoms with Gasteiger partial charge in [-0.1, -0.05) is 20.8 Å². The minimum absolute atomic E-state index is 0.387. The Hall–Kier alpha value is 0.310. The lowest BCUT2D eigenvalue weighted by atomic mass is 10.0. The number of hydrogen-bond donors (Lipinski definition) is 1. The topological polar surface area (TPSA) is 12.0 Å². The molecule has 0 radical (unpaired) electrons. The van der Waals surface area contributed by atoms with Crippen molar-refractivity contribution in [3.8, 4) is 0 Å². The van der Waals surface area contributed by atoms with Crippen LogP contribution < -0.4 is 5.32 Å². The fourth-order valence-electron chi connectivity index (χ4n) is 1.68. The summed E-state index contributed by atoms with van der Waals surface area (Å²) in [5.74, 6) is 2.08. The molecule has 1 atom stereocenters. The quantitative estimate of drug-likeness (QED) is 0.688. The highest BCUT2D eigenvalue weighted by Crippen LogP contribution is 2.36. The Morgan fingerprint density at radius 1 is 1.55 bits per heavy atom. The molecule has 1 aliphatic heterocycles. The molecule has 1 N–H and O–H groups in total. The Balaban J connectivity index is 2.57. The number of hydrogen-bond acceptors (Lipinski definition) is 2. The molecule has 0 saturated carbocycles. The van der Waals surface area contributed by atoms with Gasteiger partial charge in [-0.2, -0.15) is 0 Å². The van der Waals surface area contributed by atoms with Gasteiger partial charge in [-0.25, -0.2) is 0 Å². The van der Waals surface area contributed by atoms with E-state index in [1.54, 1.807) is 0 Å². The second-order valence-electron chi connectivity index (χ2n) is 3.53. The molecule has 2 heteroatoms. The van der Waals surface area contributed by atoms with Crippen molar-refractivity contribution < 1.29 is 0 Å². The van der Waals surface area contributed by atoms with Crippen LogP contribution in [0.25, 0.3) is 0 Å². The second-order valence-corrected chi connectivity index (χ2v) is 4.95. The maximum absolute atomic E-state index is 3.64. The third-order valence-corrected chi connectivity index (χ3v) is 4.48. The van der Waals surface area contributed by atoms with Crippen LogP contribution in [0.3, 0.4) is 0 Å². The Morgan fingerprint density at radius 3 is 2.55 bits per heavy atom. The van der Waals surface area contributed by atoms with Crippen molar-refractivity contribution in [2.24, 2.45) is 5.92 Å². The molecule has 1 rings (SSSR count). The van der Waals surface area contributed by atoms with Gasteiger partial charge in [-0.05, 0) is 31.1 Å². The summed E-state index contributed by atoms with van der Waals surface area (Å²) in [6.45, 7) is 8.12. The third kappa shape index (κ3) is 1.91. The molecule has 11 heavy (non-hydrogen) atoms. The van der Waals surface area contributed by atoms with Gasteiger partial charge in [-0.15, -0.1) is 11.8 Å². The molecule has 0 bridgehead atoms. The molecule has 0 aliphatic carbocycles. The fourth-order valence-corrected chi connectivity index (χ4v) is 3.08. The third-order valence-electron chi connectivity index (χ3n) is 2.56. The SMILES string of the molecule is CCC1(C(C)C)NCCCS1. The Morgan fingerprint density at radius 2 is 2.27 bits per heavy atom. The molecule has 0 aromatic rings. The van der Waals surface area contributed by atoms with E-state index in [2.05, 4.69) is 37.8 Å². The van der Waals surface area contributed by atoms with Gasteiger partial charge in [0.05, 0.1) is 4.87 Å². The molecule has 1 heterocycles. The zero-order chi connectivity index (χ0) is 8.32. The van der Waals surface area contributed by atoms with Gasteiger partial charge >= 0.3 is 0 Å². The van der Waals surface area contributed by atoms with Crippen LogP contribution in [0.1, 0.15) is 33.6 Å². The summed E-state index contributed by atoms with van der Waals surface area (Å²) in [6, 6.07) is 0. The first-order chi connectivity index (χ1) is 5.21. The van der Waals surface area contributed by atoms with E-state index in [1.807, 2.05) is 0 Å². The molecule has 66 valence electrons. The van der Waals surface area contributed by atoms with E-state index >= 15 is 0 Å². The van der Waals surface area contributed by atoms with Gasteiger partial charge in [0.25, 0.3) is 0 Å². The van der Waals surface area contributed by atoms with Crippen LogP contribution in [-0.2, 0) is 0 Å². The first-order valence-corrected chi connectivity index (χ1v) is 5.59. The highest BCUT2D eigenvalue weighted by molar-refractivity contribution is 8.00. The molecule has 0 aromatic carbocycles. The minimum atomic E-state index is 0.387. The van der Waals surface area contributed by atoms with E-state index in [1.165, 1.54) is 25.1 Å². The smallest absolute Gasteiger partial charge is 0.0665 e. The Labute approximate surface area is 74.3 Å². The maximum Gasteiger partial charge on any atom is 0.0665 e. The van der Waals surface area contributed by atoms with Crippen molar-refractivity contribution in [3.63, 3.8) is 0 Å². The molecule has 1 saturated heterocycles. The van der Waals surface area contributed by atoms with E-state index in [-0.39, 0.29) is 0 Å². The van der Waals surface area contributed by atoms with Crippen molar-refractivity contribution in [1.29, 1.82) is 0 Å². The number of rotatable bonds is 2. The van der Waals surface area contributed by atoms with E-state index in [4.69, 9.17) is 0 Å². The fraction of sp³-hybridized carbons (Fsp3) is 1.00. The first kappa shape index (κ1) is 9.40. The normalized spacial score (nSPS) is 32.7. The highest BCUT2D eigenvalue weighted by atomic mass is 32.2. The van der Waals surface area contributed by atoms with Crippen LogP contribution in [0.2, 0.25) is 0 Å². The lowest BCUT2D eigenvalue weighted by molar-refractivity contribution is 0.339. The predicted molar refractivity (Wildman–Crippen MR) is 52.9 cm³/mol. The first-order valence-electron chi connectivity index (χ1n) is 4.60. The molecule has 1 nitrogen and oxygen atoms in total. The standard InChI is InChI=1S/C9H19NS/c1-4-9(8(2)3)10-6-5-7-11-9/h8,10H,4-7H2,1-3H3. The average Bonchev–Trinajstić information content (AvgIpc) is 2.05. The molecule has 0 spiro atoms. The van der Waals surface area contributed by atoms with Crippen molar-refractivity contribution >= 4 is 11.8 Å². The zero-order valence-electron chi connectivity index (χ0n) is 7.81. The van der Waals surface area contributed by atoms with Gasteiger partial charge in [0, 0.05) is 0 Å². The molecule has 0 aromatic heterocycles. The van der Waals surface area contributed by atoms with Crippen LogP contribution in [0.4, 0.5) is 0 Å². The maximum atomic E-state index is 3.64. The molecular weight excluding hydrogens is 154 g/mol. The van der Waals surface area contributed by atoms with Gasteiger partial charge in [0.15, 0.2) is 0 Å². The number of nitrogens with one attached hydrogen (secondary N) is 1. The lowest BCUT2D eigenvalue weighted by Crippen LogP contribution is -2.49. The van der Waals surface area contributed by atoms with Gasteiger partial charge < -0.3 is 5.32 Å². The predicted octanol–water partition coefficient (Wildman–Crippen LogP) is 2.48. The summed E-state index contributed by atoms with van der Waals surface area (Å²) >= 11 is 2.11. The van der Waals surface area contributed by atoms with E-state index in [0.29, 0.717) is 4.87 Å². The largest absolute Gasteiger partial charge is 0.303 e. The average molecular weight is 173 g/mol. The molecular formula is C9H19NS. The summed E-state index contributed by atoms with van der Waals surface area (Å²) in [5, 5.41) is 3.64. The van der Waals surface area contributed by atoms with E-state index in [9.17, 15) is 0 Å². The van der Waals surface area contributed by atoms with Crippen molar-refractivity contribution in [2.75, 3.05) is 12.3 Å². The second kappa shape index (κ2) is 3.81. The van der Waals surface area contributed by atoms with E-state index in [0.717, 1.165) is 5.92 Å². The van der Waals surface area contributed by atoms with Gasteiger partial charge in [-0.3, -0.25) is 0 Å². The van der Waals surface area contributed by atoms with Crippen LogP contribution in [-0.4, -0.2) is 17.2 Å². The summed E-state index contributed by atoms with van der Waals surface area (Å²) < 4.78 is 0. The minimum Gasteiger partial charge on any atom is -0.303 e. The van der Waals surface area contributed by atoms with Gasteiger partial charge in [0.1, 0.15) is 0 Å². The summed E-state index contributed by atoms with van der Waals surface area (Å²) in [7, 11) is 0. The molecule has 1 unspecified atom stereocenters. The van der Waals surface area contributed by atoms with Crippen LogP contribution in [0.5, 0.6) is 0 Å². The highest BCUT2D eigenvalue weighted by Gasteiger charge is 2.33. The van der Waals surface area contributed by atoms with Crippen molar-refractivity contribution in [1.82, 2.24) is 5.32 Å². The Kier molecular flexibility index (Phi) is 3.26. The Bertz CT molecular complexity index is 117. The molecule has 1 aliphatic rings.